The standard InChI is InChI=1S/C41H51FN8O6S/c1-22(2)32(46-40(53)55-5)38(51)49-18-8-9-30(49)37-45-34(35(42)48-37)27-16-12-25(13-17-27)24-10-14-26(15-11-24)29-20-43-36(44-29)31-19-28(57-7)21-50(31)39(52)33(23(3)4)47-41(54)56-6/h10-17,20,22-23,28,30-33H,8-9,18-19,21H2,1-7H3,(H,43,44)(H,45,48)(H,46,53)(H,47,54). The van der Waals surface area contributed by atoms with Crippen LogP contribution in [0.4, 0.5) is 14.0 Å². The number of H-pyrrole nitrogens is 2. The van der Waals surface area contributed by atoms with Gasteiger partial charge >= 0.3 is 12.2 Å². The summed E-state index contributed by atoms with van der Waals surface area (Å²) < 4.78 is 24.9. The number of rotatable bonds is 12. The number of hydrogen-bond donors (Lipinski definition) is 4. The van der Waals surface area contributed by atoms with Crippen molar-refractivity contribution >= 4 is 35.8 Å². The van der Waals surface area contributed by atoms with Crippen LogP contribution in [0.3, 0.4) is 0 Å². The quantitative estimate of drug-likeness (QED) is 0.122. The van der Waals surface area contributed by atoms with Crippen LogP contribution in [-0.2, 0) is 19.1 Å². The summed E-state index contributed by atoms with van der Waals surface area (Å²) in [6.07, 6.45) is 4.55. The molecule has 4 heterocycles. The monoisotopic (exact) mass is 802 g/mol. The first-order valence-electron chi connectivity index (χ1n) is 19.2. The number of aromatic amines is 2. The van der Waals surface area contributed by atoms with Gasteiger partial charge in [0.15, 0.2) is 0 Å². The molecule has 57 heavy (non-hydrogen) atoms. The molecular weight excluding hydrogens is 752 g/mol. The summed E-state index contributed by atoms with van der Waals surface area (Å²) in [7, 11) is 2.53. The summed E-state index contributed by atoms with van der Waals surface area (Å²) >= 11 is 1.71. The number of imidazole rings is 2. The average Bonchev–Trinajstić information content (AvgIpc) is 4.04. The molecule has 4 amide bonds. The van der Waals surface area contributed by atoms with E-state index in [0.29, 0.717) is 36.7 Å². The maximum absolute atomic E-state index is 15.4. The molecule has 16 heteroatoms. The molecule has 2 aliphatic rings. The van der Waals surface area contributed by atoms with Gasteiger partial charge < -0.3 is 39.9 Å². The molecule has 0 radical (unpaired) electrons. The van der Waals surface area contributed by atoms with Gasteiger partial charge in [-0.1, -0.05) is 76.2 Å². The molecule has 0 bridgehead atoms. The van der Waals surface area contributed by atoms with Crippen LogP contribution in [0, 0.1) is 17.8 Å². The second-order valence-electron chi connectivity index (χ2n) is 15.1. The van der Waals surface area contributed by atoms with Gasteiger partial charge in [0.2, 0.25) is 17.8 Å². The third kappa shape index (κ3) is 8.95. The first-order valence-corrected chi connectivity index (χ1v) is 20.5. The summed E-state index contributed by atoms with van der Waals surface area (Å²) in [5, 5.41) is 5.56. The Hall–Kier alpha value is -5.38. The molecule has 5 atom stereocenters. The summed E-state index contributed by atoms with van der Waals surface area (Å²) in [4.78, 5) is 70.3. The van der Waals surface area contributed by atoms with Crippen molar-refractivity contribution in [1.29, 1.82) is 0 Å². The van der Waals surface area contributed by atoms with Crippen molar-refractivity contribution in [2.75, 3.05) is 33.6 Å². The Morgan fingerprint density at radius 1 is 0.789 bits per heavy atom. The number of halogens is 1. The molecule has 2 aliphatic heterocycles. The highest BCUT2D eigenvalue weighted by molar-refractivity contribution is 7.99. The van der Waals surface area contributed by atoms with Crippen molar-refractivity contribution in [3.8, 4) is 33.6 Å². The highest BCUT2D eigenvalue weighted by Crippen LogP contribution is 2.38. The molecule has 0 spiro atoms. The molecule has 14 nitrogen and oxygen atoms in total. The molecule has 304 valence electrons. The number of alkyl carbamates (subject to hydrolysis) is 2. The number of carbonyl (C=O) groups is 4. The maximum atomic E-state index is 15.4. The minimum atomic E-state index is -0.786. The number of nitrogens with one attached hydrogen (secondary N) is 4. The van der Waals surface area contributed by atoms with Crippen LogP contribution in [-0.4, -0.2) is 105 Å². The lowest BCUT2D eigenvalue weighted by Crippen LogP contribution is -2.51. The lowest BCUT2D eigenvalue weighted by molar-refractivity contribution is -0.136. The minimum absolute atomic E-state index is 0.138. The van der Waals surface area contributed by atoms with E-state index in [1.165, 1.54) is 14.2 Å². The topological polar surface area (TPSA) is 175 Å². The number of aromatic nitrogens is 4. The van der Waals surface area contributed by atoms with Crippen LogP contribution >= 0.6 is 11.8 Å². The van der Waals surface area contributed by atoms with Crippen molar-refractivity contribution in [2.45, 2.75) is 76.4 Å². The van der Waals surface area contributed by atoms with E-state index in [9.17, 15) is 19.2 Å². The maximum Gasteiger partial charge on any atom is 0.407 e. The molecule has 5 unspecified atom stereocenters. The zero-order chi connectivity index (χ0) is 41.0. The molecule has 2 aromatic heterocycles. The highest BCUT2D eigenvalue weighted by atomic mass is 32.2. The first-order chi connectivity index (χ1) is 27.3. The SMILES string of the molecule is COC(=O)NC(C(=O)N1CC(SC)CC1c1ncc(-c2ccc(-c3ccc(-c4nc(C5CCCN5C(=O)C(NC(=O)OC)C(C)C)[nH]c4F)cc3)cc2)[nH]1)C(C)C. The number of amides is 4. The molecule has 2 fully saturated rings. The van der Waals surface area contributed by atoms with Crippen LogP contribution < -0.4 is 10.6 Å². The van der Waals surface area contributed by atoms with Gasteiger partial charge in [-0.25, -0.2) is 19.6 Å². The van der Waals surface area contributed by atoms with E-state index in [1.54, 1.807) is 22.9 Å². The van der Waals surface area contributed by atoms with Gasteiger partial charge in [0.05, 0.1) is 38.2 Å². The fourth-order valence-electron chi connectivity index (χ4n) is 7.58. The van der Waals surface area contributed by atoms with Crippen LogP contribution in [0.5, 0.6) is 0 Å². The van der Waals surface area contributed by atoms with Gasteiger partial charge in [-0.2, -0.15) is 16.2 Å². The Morgan fingerprint density at radius 2 is 1.33 bits per heavy atom. The Balaban J connectivity index is 1.14. The predicted octanol–water partition coefficient (Wildman–Crippen LogP) is 6.70. The number of carbonyl (C=O) groups excluding carboxylic acids is 4. The van der Waals surface area contributed by atoms with E-state index in [0.717, 1.165) is 35.2 Å². The summed E-state index contributed by atoms with van der Waals surface area (Å²) in [6.45, 7) is 8.48. The molecular formula is C41H51FN8O6S. The second kappa shape index (κ2) is 17.8. The normalized spacial score (nSPS) is 19.2. The molecule has 4 aromatic rings. The zero-order valence-electron chi connectivity index (χ0n) is 33.3. The Bertz CT molecular complexity index is 2050. The van der Waals surface area contributed by atoms with Crippen molar-refractivity contribution in [2.24, 2.45) is 11.8 Å². The average molecular weight is 803 g/mol. The molecule has 0 aliphatic carbocycles. The Labute approximate surface area is 336 Å². The number of benzene rings is 2. The fourth-order valence-corrected chi connectivity index (χ4v) is 8.26. The molecule has 4 N–H and O–H groups in total. The molecule has 0 saturated carbocycles. The van der Waals surface area contributed by atoms with Gasteiger partial charge in [0.1, 0.15) is 29.4 Å². The van der Waals surface area contributed by atoms with Crippen molar-refractivity contribution in [1.82, 2.24) is 40.4 Å². The Morgan fingerprint density at radius 3 is 1.88 bits per heavy atom. The number of methoxy groups -OCH3 is 2. The molecule has 6 rings (SSSR count). The summed E-state index contributed by atoms with van der Waals surface area (Å²) in [5.41, 5.74) is 4.38. The number of hydrogen-bond acceptors (Lipinski definition) is 9. The van der Waals surface area contributed by atoms with Crippen molar-refractivity contribution in [3.63, 3.8) is 0 Å². The van der Waals surface area contributed by atoms with E-state index in [2.05, 4.69) is 25.6 Å². The number of thioether (sulfide) groups is 1. The van der Waals surface area contributed by atoms with Gasteiger partial charge in [-0.05, 0) is 54.0 Å². The lowest BCUT2D eigenvalue weighted by atomic mass is 10.0. The van der Waals surface area contributed by atoms with Crippen molar-refractivity contribution < 1.29 is 33.0 Å². The predicted molar refractivity (Wildman–Crippen MR) is 215 cm³/mol. The van der Waals surface area contributed by atoms with E-state index in [1.807, 2.05) is 87.4 Å². The van der Waals surface area contributed by atoms with Crippen LogP contribution in [0.15, 0.2) is 54.7 Å². The van der Waals surface area contributed by atoms with Gasteiger partial charge in [-0.15, -0.1) is 0 Å². The first kappa shape index (κ1) is 41.3. The van der Waals surface area contributed by atoms with E-state index >= 15 is 4.39 Å². The van der Waals surface area contributed by atoms with Gasteiger partial charge in [-0.3, -0.25) is 9.59 Å². The number of likely N-dealkylation sites (tertiary alicyclic amines) is 2. The summed E-state index contributed by atoms with van der Waals surface area (Å²) in [6, 6.07) is 13.2. The Kier molecular flexibility index (Phi) is 12.9. The lowest BCUT2D eigenvalue weighted by Gasteiger charge is -2.30. The van der Waals surface area contributed by atoms with Crippen molar-refractivity contribution in [3.05, 3.63) is 72.3 Å². The van der Waals surface area contributed by atoms with Crippen LogP contribution in [0.1, 0.15) is 70.7 Å². The largest absolute Gasteiger partial charge is 0.453 e. The van der Waals surface area contributed by atoms with Crippen LogP contribution in [0.25, 0.3) is 33.6 Å². The van der Waals surface area contributed by atoms with E-state index in [-0.39, 0.29) is 40.6 Å². The number of nitrogens with zero attached hydrogens (tertiary/aromatic N) is 4. The fraction of sp³-hybridized carbons (Fsp3) is 0.463. The van der Waals surface area contributed by atoms with Gasteiger partial charge in [0, 0.05) is 23.9 Å². The van der Waals surface area contributed by atoms with Crippen LogP contribution in [0.2, 0.25) is 0 Å². The third-order valence-corrected chi connectivity index (χ3v) is 11.8. The molecule has 2 aromatic carbocycles. The summed E-state index contributed by atoms with van der Waals surface area (Å²) in [5.74, 6) is -0.283. The second-order valence-corrected chi connectivity index (χ2v) is 16.3. The number of ether oxygens (including phenoxy) is 2. The zero-order valence-corrected chi connectivity index (χ0v) is 34.1. The highest BCUT2D eigenvalue weighted by Gasteiger charge is 2.42. The van der Waals surface area contributed by atoms with Gasteiger partial charge in [0.25, 0.3) is 0 Å². The molecule has 2 saturated heterocycles. The third-order valence-electron chi connectivity index (χ3n) is 10.8. The van der Waals surface area contributed by atoms with E-state index < -0.39 is 36.3 Å². The van der Waals surface area contributed by atoms with E-state index in [4.69, 9.17) is 14.5 Å². The minimum Gasteiger partial charge on any atom is -0.453 e. The smallest absolute Gasteiger partial charge is 0.407 e.